The quantitative estimate of drug-likeness (QED) is 0.853. The molecule has 1 aromatic rings. The molecular formula is C12H16ClFN2O. The Bertz CT molecular complexity index is 405. The highest BCUT2D eigenvalue weighted by molar-refractivity contribution is 5.93. The third-order valence-corrected chi connectivity index (χ3v) is 2.81. The highest BCUT2D eigenvalue weighted by Gasteiger charge is 2.22. The molecule has 1 saturated heterocycles. The number of aryl methyl sites for hydroxylation is 1. The molecule has 5 heteroatoms. The van der Waals surface area contributed by atoms with Gasteiger partial charge in [0.2, 0.25) is 5.91 Å². The van der Waals surface area contributed by atoms with Gasteiger partial charge in [0.15, 0.2) is 0 Å². The Balaban J connectivity index is 0.00000144. The average Bonchev–Trinajstić information content (AvgIpc) is 2.76. The third kappa shape index (κ3) is 3.41. The number of carbonyl (C=O) groups is 1. The molecule has 2 rings (SSSR count). The minimum Gasteiger partial charge on any atom is -0.323 e. The Kier molecular flexibility index (Phi) is 4.90. The van der Waals surface area contributed by atoms with Crippen molar-refractivity contribution in [3.63, 3.8) is 0 Å². The lowest BCUT2D eigenvalue weighted by atomic mass is 10.1. The van der Waals surface area contributed by atoms with Gasteiger partial charge in [-0.25, -0.2) is 4.39 Å². The monoisotopic (exact) mass is 258 g/mol. The molecule has 1 aromatic carbocycles. The Hall–Kier alpha value is -1.13. The normalized spacial score (nSPS) is 18.6. The average molecular weight is 259 g/mol. The fraction of sp³-hybridized carbons (Fsp3) is 0.417. The van der Waals surface area contributed by atoms with Crippen molar-refractivity contribution in [2.24, 2.45) is 5.92 Å². The summed E-state index contributed by atoms with van der Waals surface area (Å²) in [5.74, 6) is -0.528. The molecule has 17 heavy (non-hydrogen) atoms. The van der Waals surface area contributed by atoms with Gasteiger partial charge in [-0.1, -0.05) is 6.07 Å². The molecule has 1 heterocycles. The molecule has 1 unspecified atom stereocenters. The lowest BCUT2D eigenvalue weighted by Gasteiger charge is -2.11. The molecule has 0 aromatic heterocycles. The van der Waals surface area contributed by atoms with Crippen LogP contribution in [0.25, 0.3) is 0 Å². The number of hydrogen-bond donors (Lipinski definition) is 2. The van der Waals surface area contributed by atoms with E-state index in [4.69, 9.17) is 0 Å². The van der Waals surface area contributed by atoms with E-state index >= 15 is 0 Å². The first-order valence-corrected chi connectivity index (χ1v) is 5.44. The van der Waals surface area contributed by atoms with E-state index in [2.05, 4.69) is 10.6 Å². The van der Waals surface area contributed by atoms with E-state index in [0.29, 0.717) is 6.54 Å². The van der Waals surface area contributed by atoms with Crippen molar-refractivity contribution < 1.29 is 9.18 Å². The van der Waals surface area contributed by atoms with Crippen molar-refractivity contribution >= 4 is 24.0 Å². The molecule has 1 fully saturated rings. The molecule has 0 radical (unpaired) electrons. The van der Waals surface area contributed by atoms with Crippen LogP contribution < -0.4 is 10.6 Å². The van der Waals surface area contributed by atoms with Crippen molar-refractivity contribution in [3.05, 3.63) is 29.6 Å². The largest absolute Gasteiger partial charge is 0.323 e. The Morgan fingerprint density at radius 2 is 2.29 bits per heavy atom. The number of halogens is 2. The van der Waals surface area contributed by atoms with Gasteiger partial charge in [0.25, 0.3) is 0 Å². The number of nitrogens with one attached hydrogen (secondary N) is 2. The third-order valence-electron chi connectivity index (χ3n) is 2.81. The first kappa shape index (κ1) is 13.9. The maximum Gasteiger partial charge on any atom is 0.228 e. The van der Waals surface area contributed by atoms with Crippen molar-refractivity contribution in [2.75, 3.05) is 18.4 Å². The Morgan fingerprint density at radius 3 is 2.94 bits per heavy atom. The lowest BCUT2D eigenvalue weighted by molar-refractivity contribution is -0.119. The van der Waals surface area contributed by atoms with E-state index in [0.717, 1.165) is 18.5 Å². The molecule has 1 atom stereocenters. The zero-order chi connectivity index (χ0) is 11.5. The summed E-state index contributed by atoms with van der Waals surface area (Å²) in [6.45, 7) is 3.40. The fourth-order valence-corrected chi connectivity index (χ4v) is 1.85. The Labute approximate surface area is 106 Å². The molecule has 3 nitrogen and oxygen atoms in total. The number of amides is 1. The maximum atomic E-state index is 13.4. The van der Waals surface area contributed by atoms with Crippen molar-refractivity contribution in [1.29, 1.82) is 0 Å². The smallest absolute Gasteiger partial charge is 0.228 e. The van der Waals surface area contributed by atoms with E-state index in [1.54, 1.807) is 12.1 Å². The number of benzene rings is 1. The molecular weight excluding hydrogens is 243 g/mol. The minimum absolute atomic E-state index is 0. The molecule has 0 spiro atoms. The van der Waals surface area contributed by atoms with Crippen molar-refractivity contribution in [2.45, 2.75) is 13.3 Å². The zero-order valence-corrected chi connectivity index (χ0v) is 10.4. The summed E-state index contributed by atoms with van der Waals surface area (Å²) in [4.78, 5) is 11.8. The van der Waals surface area contributed by atoms with Crippen molar-refractivity contribution in [1.82, 2.24) is 5.32 Å². The molecule has 1 aliphatic heterocycles. The molecule has 0 aliphatic carbocycles. The SMILES string of the molecule is Cc1ccc(F)c(NC(=O)C2CCNC2)c1.Cl. The van der Waals surface area contributed by atoms with Crippen LogP contribution in [0.2, 0.25) is 0 Å². The molecule has 94 valence electrons. The van der Waals surface area contributed by atoms with Crippen LogP contribution in [-0.2, 0) is 4.79 Å². The summed E-state index contributed by atoms with van der Waals surface area (Å²) in [6, 6.07) is 4.70. The second-order valence-electron chi connectivity index (χ2n) is 4.16. The van der Waals surface area contributed by atoms with Gasteiger partial charge in [0, 0.05) is 6.54 Å². The highest BCUT2D eigenvalue weighted by atomic mass is 35.5. The summed E-state index contributed by atoms with van der Waals surface area (Å²) >= 11 is 0. The van der Waals surface area contributed by atoms with E-state index in [1.165, 1.54) is 6.07 Å². The summed E-state index contributed by atoms with van der Waals surface area (Å²) in [6.07, 6.45) is 0.819. The second kappa shape index (κ2) is 5.98. The molecule has 1 amide bonds. The van der Waals surface area contributed by atoms with Crippen LogP contribution in [0.15, 0.2) is 18.2 Å². The van der Waals surface area contributed by atoms with Crippen LogP contribution in [0.5, 0.6) is 0 Å². The van der Waals surface area contributed by atoms with Crippen LogP contribution in [0, 0.1) is 18.7 Å². The minimum atomic E-state index is -0.384. The first-order chi connectivity index (χ1) is 7.66. The summed E-state index contributed by atoms with van der Waals surface area (Å²) < 4.78 is 13.4. The van der Waals surface area contributed by atoms with Crippen molar-refractivity contribution in [3.8, 4) is 0 Å². The van der Waals surface area contributed by atoms with E-state index < -0.39 is 0 Å². The van der Waals surface area contributed by atoms with Gasteiger partial charge in [-0.05, 0) is 37.6 Å². The number of hydrogen-bond acceptors (Lipinski definition) is 2. The number of rotatable bonds is 2. The summed E-state index contributed by atoms with van der Waals surface area (Å²) in [5.41, 5.74) is 1.21. The van der Waals surface area contributed by atoms with Gasteiger partial charge in [-0.15, -0.1) is 12.4 Å². The van der Waals surface area contributed by atoms with Gasteiger partial charge in [-0.2, -0.15) is 0 Å². The lowest BCUT2D eigenvalue weighted by Crippen LogP contribution is -2.25. The highest BCUT2D eigenvalue weighted by Crippen LogP contribution is 2.18. The number of anilines is 1. The fourth-order valence-electron chi connectivity index (χ4n) is 1.85. The molecule has 2 N–H and O–H groups in total. The second-order valence-corrected chi connectivity index (χ2v) is 4.16. The van der Waals surface area contributed by atoms with E-state index in [-0.39, 0.29) is 35.7 Å². The van der Waals surface area contributed by atoms with Gasteiger partial charge in [-0.3, -0.25) is 4.79 Å². The predicted molar refractivity (Wildman–Crippen MR) is 68.0 cm³/mol. The molecule has 0 saturated carbocycles. The topological polar surface area (TPSA) is 41.1 Å². The summed E-state index contributed by atoms with van der Waals surface area (Å²) in [5, 5.41) is 5.75. The Morgan fingerprint density at radius 1 is 1.53 bits per heavy atom. The van der Waals surface area contributed by atoms with Crippen LogP contribution in [0.4, 0.5) is 10.1 Å². The van der Waals surface area contributed by atoms with Gasteiger partial charge < -0.3 is 10.6 Å². The summed E-state index contributed by atoms with van der Waals surface area (Å²) in [7, 11) is 0. The predicted octanol–water partition coefficient (Wildman–Crippen LogP) is 2.10. The van der Waals surface area contributed by atoms with Crippen LogP contribution in [-0.4, -0.2) is 19.0 Å². The standard InChI is InChI=1S/C12H15FN2O.ClH/c1-8-2-3-10(13)11(6-8)15-12(16)9-4-5-14-7-9;/h2-3,6,9,14H,4-5,7H2,1H3,(H,15,16);1H. The molecule has 0 bridgehead atoms. The van der Waals surface area contributed by atoms with E-state index in [9.17, 15) is 9.18 Å². The first-order valence-electron chi connectivity index (χ1n) is 5.44. The van der Waals surface area contributed by atoms with Gasteiger partial charge in [0.1, 0.15) is 5.82 Å². The maximum absolute atomic E-state index is 13.4. The van der Waals surface area contributed by atoms with Crippen LogP contribution >= 0.6 is 12.4 Å². The zero-order valence-electron chi connectivity index (χ0n) is 9.63. The van der Waals surface area contributed by atoms with Crippen LogP contribution in [0.3, 0.4) is 0 Å². The van der Waals surface area contributed by atoms with Crippen LogP contribution in [0.1, 0.15) is 12.0 Å². The van der Waals surface area contributed by atoms with Gasteiger partial charge in [0.05, 0.1) is 11.6 Å². The van der Waals surface area contributed by atoms with E-state index in [1.807, 2.05) is 6.92 Å². The van der Waals surface area contributed by atoms with Gasteiger partial charge >= 0.3 is 0 Å². The molecule has 1 aliphatic rings. The number of carbonyl (C=O) groups excluding carboxylic acids is 1.